The highest BCUT2D eigenvalue weighted by atomic mass is 35.5. The van der Waals surface area contributed by atoms with E-state index in [0.29, 0.717) is 5.02 Å². The second-order valence-corrected chi connectivity index (χ2v) is 6.02. The van der Waals surface area contributed by atoms with Crippen molar-refractivity contribution in [1.29, 1.82) is 0 Å². The van der Waals surface area contributed by atoms with Crippen LogP contribution in [-0.4, -0.2) is 23.7 Å². The quantitative estimate of drug-likeness (QED) is 0.845. The van der Waals surface area contributed by atoms with E-state index in [0.717, 1.165) is 18.7 Å². The van der Waals surface area contributed by atoms with Gasteiger partial charge in [-0.25, -0.2) is 0 Å². The topological polar surface area (TPSA) is 34.2 Å². The molecule has 0 bridgehead atoms. The van der Waals surface area contributed by atoms with Gasteiger partial charge in [-0.2, -0.15) is 0 Å². The largest absolute Gasteiger partial charge is 0.489 e. The second kappa shape index (κ2) is 7.62. The van der Waals surface area contributed by atoms with E-state index in [4.69, 9.17) is 16.3 Å². The summed E-state index contributed by atoms with van der Waals surface area (Å²) in [5.74, 6) is 0.803. The Hall–Kier alpha value is -1.10. The van der Waals surface area contributed by atoms with Crippen LogP contribution in [0, 0.1) is 0 Å². The Kier molecular flexibility index (Phi) is 5.83. The minimum Gasteiger partial charge on any atom is -0.489 e. The second-order valence-electron chi connectivity index (χ2n) is 4.62. The minimum absolute atomic E-state index is 0.0514. The zero-order chi connectivity index (χ0) is 14.4. The number of thiazole rings is 1. The Morgan fingerprint density at radius 3 is 2.95 bits per heavy atom. The van der Waals surface area contributed by atoms with Gasteiger partial charge in [-0.15, -0.1) is 11.3 Å². The molecule has 5 heteroatoms. The van der Waals surface area contributed by atoms with E-state index in [-0.39, 0.29) is 12.1 Å². The maximum atomic E-state index is 6.00. The molecule has 0 amide bonds. The Balaban J connectivity index is 2.00. The summed E-state index contributed by atoms with van der Waals surface area (Å²) >= 11 is 7.66. The number of nitrogens with one attached hydrogen (secondary N) is 1. The molecule has 0 saturated heterocycles. The van der Waals surface area contributed by atoms with Crippen LogP contribution in [0.1, 0.15) is 18.7 Å². The van der Waals surface area contributed by atoms with Crippen molar-refractivity contribution in [1.82, 2.24) is 10.3 Å². The predicted octanol–water partition coefficient (Wildman–Crippen LogP) is 3.78. The van der Waals surface area contributed by atoms with Gasteiger partial charge >= 0.3 is 0 Å². The van der Waals surface area contributed by atoms with Crippen LogP contribution in [-0.2, 0) is 6.42 Å². The van der Waals surface area contributed by atoms with E-state index < -0.39 is 0 Å². The summed E-state index contributed by atoms with van der Waals surface area (Å²) in [5.41, 5.74) is 1.86. The van der Waals surface area contributed by atoms with Gasteiger partial charge in [0.05, 0.1) is 5.51 Å². The van der Waals surface area contributed by atoms with Crippen LogP contribution >= 0.6 is 22.9 Å². The first kappa shape index (κ1) is 15.3. The molecule has 2 rings (SSSR count). The molecule has 2 unspecified atom stereocenters. The number of hydrogen-bond donors (Lipinski definition) is 1. The lowest BCUT2D eigenvalue weighted by molar-refractivity contribution is 0.171. The molecule has 2 atom stereocenters. The highest BCUT2D eigenvalue weighted by Crippen LogP contribution is 2.20. The van der Waals surface area contributed by atoms with Gasteiger partial charge in [-0.05, 0) is 31.7 Å². The number of rotatable bonds is 7. The maximum absolute atomic E-state index is 6.00. The molecule has 0 spiro atoms. The molecule has 3 nitrogen and oxygen atoms in total. The van der Waals surface area contributed by atoms with Crippen LogP contribution in [0.5, 0.6) is 5.75 Å². The fourth-order valence-electron chi connectivity index (χ4n) is 2.06. The van der Waals surface area contributed by atoms with Gasteiger partial charge in [0.25, 0.3) is 0 Å². The lowest BCUT2D eigenvalue weighted by Crippen LogP contribution is -2.42. The predicted molar refractivity (Wildman–Crippen MR) is 84.8 cm³/mol. The first-order chi connectivity index (χ1) is 9.69. The van der Waals surface area contributed by atoms with E-state index in [1.165, 1.54) is 4.88 Å². The highest BCUT2D eigenvalue weighted by molar-refractivity contribution is 7.09. The molecule has 0 saturated carbocycles. The molecule has 0 radical (unpaired) electrons. The van der Waals surface area contributed by atoms with Crippen molar-refractivity contribution >= 4 is 22.9 Å². The molecule has 20 heavy (non-hydrogen) atoms. The third kappa shape index (κ3) is 4.47. The standard InChI is InChI=1S/C15H19ClN2OS/c1-3-18-15(8-14-9-17-10-20-14)11(2)19-13-6-4-5-12(16)7-13/h4-7,9-11,15,18H,3,8H2,1-2H3. The van der Waals surface area contributed by atoms with E-state index in [2.05, 4.69) is 24.1 Å². The molecule has 1 aromatic heterocycles. The summed E-state index contributed by atoms with van der Waals surface area (Å²) in [6.45, 7) is 5.09. The van der Waals surface area contributed by atoms with Gasteiger partial charge in [0.1, 0.15) is 11.9 Å². The molecule has 0 aliphatic rings. The number of benzene rings is 1. The van der Waals surface area contributed by atoms with Crippen molar-refractivity contribution in [3.8, 4) is 5.75 Å². The van der Waals surface area contributed by atoms with Crippen molar-refractivity contribution < 1.29 is 4.74 Å². The Morgan fingerprint density at radius 1 is 1.45 bits per heavy atom. The van der Waals surface area contributed by atoms with Crippen molar-refractivity contribution in [3.63, 3.8) is 0 Å². The lowest BCUT2D eigenvalue weighted by atomic mass is 10.1. The van der Waals surface area contributed by atoms with Crippen LogP contribution in [0.3, 0.4) is 0 Å². The van der Waals surface area contributed by atoms with Crippen molar-refractivity contribution in [3.05, 3.63) is 45.9 Å². The highest BCUT2D eigenvalue weighted by Gasteiger charge is 2.19. The molecule has 1 heterocycles. The molecule has 2 aromatic rings. The van der Waals surface area contributed by atoms with Crippen LogP contribution in [0.4, 0.5) is 0 Å². The average Bonchev–Trinajstić information content (AvgIpc) is 2.91. The maximum Gasteiger partial charge on any atom is 0.121 e. The van der Waals surface area contributed by atoms with Gasteiger partial charge in [-0.1, -0.05) is 24.6 Å². The van der Waals surface area contributed by atoms with Gasteiger partial charge < -0.3 is 10.1 Å². The third-order valence-corrected chi connectivity index (χ3v) is 4.09. The van der Waals surface area contributed by atoms with E-state index >= 15 is 0 Å². The SMILES string of the molecule is CCNC(Cc1cncs1)C(C)Oc1cccc(Cl)c1. The van der Waals surface area contributed by atoms with E-state index in [1.54, 1.807) is 11.3 Å². The fraction of sp³-hybridized carbons (Fsp3) is 0.400. The number of ether oxygens (including phenoxy) is 1. The summed E-state index contributed by atoms with van der Waals surface area (Å²) < 4.78 is 6.00. The Labute approximate surface area is 129 Å². The summed E-state index contributed by atoms with van der Waals surface area (Å²) in [5, 5.41) is 4.17. The Morgan fingerprint density at radius 2 is 2.30 bits per heavy atom. The number of likely N-dealkylation sites (N-methyl/N-ethyl adjacent to an activating group) is 1. The number of nitrogens with zero attached hydrogens (tertiary/aromatic N) is 1. The lowest BCUT2D eigenvalue weighted by Gasteiger charge is -2.25. The monoisotopic (exact) mass is 310 g/mol. The zero-order valence-electron chi connectivity index (χ0n) is 11.7. The van der Waals surface area contributed by atoms with Gasteiger partial charge in [-0.3, -0.25) is 4.98 Å². The average molecular weight is 311 g/mol. The summed E-state index contributed by atoms with van der Waals surface area (Å²) in [4.78, 5) is 5.38. The fourth-order valence-corrected chi connectivity index (χ4v) is 2.90. The van der Waals surface area contributed by atoms with Gasteiger partial charge in [0, 0.05) is 28.6 Å². The Bertz CT molecular complexity index is 518. The molecule has 0 aliphatic carbocycles. The number of halogens is 1. The van der Waals surface area contributed by atoms with Gasteiger partial charge in [0.2, 0.25) is 0 Å². The molecule has 0 fully saturated rings. The summed E-state index contributed by atoms with van der Waals surface area (Å²) in [6, 6.07) is 7.76. The zero-order valence-corrected chi connectivity index (χ0v) is 13.2. The van der Waals surface area contributed by atoms with Crippen LogP contribution in [0.2, 0.25) is 5.02 Å². The number of hydrogen-bond acceptors (Lipinski definition) is 4. The van der Waals surface area contributed by atoms with Crippen LogP contribution < -0.4 is 10.1 Å². The summed E-state index contributed by atoms with van der Waals surface area (Å²) in [6.07, 6.45) is 2.89. The normalized spacial score (nSPS) is 13.9. The first-order valence-corrected chi connectivity index (χ1v) is 7.97. The summed E-state index contributed by atoms with van der Waals surface area (Å²) in [7, 11) is 0. The molecule has 0 aliphatic heterocycles. The van der Waals surface area contributed by atoms with Crippen LogP contribution in [0.25, 0.3) is 0 Å². The molecular weight excluding hydrogens is 292 g/mol. The smallest absolute Gasteiger partial charge is 0.121 e. The first-order valence-electron chi connectivity index (χ1n) is 6.72. The molecule has 108 valence electrons. The van der Waals surface area contributed by atoms with Crippen molar-refractivity contribution in [2.45, 2.75) is 32.4 Å². The molecule has 1 N–H and O–H groups in total. The van der Waals surface area contributed by atoms with E-state index in [1.807, 2.05) is 36.0 Å². The van der Waals surface area contributed by atoms with E-state index in [9.17, 15) is 0 Å². The van der Waals surface area contributed by atoms with Crippen molar-refractivity contribution in [2.24, 2.45) is 0 Å². The van der Waals surface area contributed by atoms with Gasteiger partial charge in [0.15, 0.2) is 0 Å². The third-order valence-electron chi connectivity index (χ3n) is 3.06. The van der Waals surface area contributed by atoms with Crippen LogP contribution in [0.15, 0.2) is 36.0 Å². The molecule has 1 aromatic carbocycles. The molecular formula is C15H19ClN2OS. The van der Waals surface area contributed by atoms with Crippen molar-refractivity contribution in [2.75, 3.05) is 6.54 Å². The number of aromatic nitrogens is 1. The minimum atomic E-state index is 0.0514.